The van der Waals surface area contributed by atoms with Gasteiger partial charge in [-0.15, -0.1) is 0 Å². The number of unbranched alkanes of at least 4 members (excludes halogenated alkanes) is 2. The molecule has 0 atom stereocenters. The molecule has 0 aliphatic heterocycles. The van der Waals surface area contributed by atoms with Gasteiger partial charge in [0.25, 0.3) is 0 Å². The first-order chi connectivity index (χ1) is 10.1. The molecule has 0 saturated carbocycles. The number of hydrogen-bond acceptors (Lipinski definition) is 4. The van der Waals surface area contributed by atoms with Crippen LogP contribution in [0.15, 0.2) is 18.2 Å². The highest BCUT2D eigenvalue weighted by molar-refractivity contribution is 5.92. The minimum Gasteiger partial charge on any atom is -0.508 e. The Morgan fingerprint density at radius 2 is 2.00 bits per heavy atom. The quantitative estimate of drug-likeness (QED) is 0.570. The molecule has 0 saturated heterocycles. The minimum absolute atomic E-state index is 0.0743. The molecule has 1 aromatic carbocycles. The first-order valence-electron chi connectivity index (χ1n) is 7.26. The predicted molar refractivity (Wildman–Crippen MR) is 81.2 cm³/mol. The Morgan fingerprint density at radius 3 is 2.67 bits per heavy atom. The zero-order valence-corrected chi connectivity index (χ0v) is 12.6. The number of aromatic hydroxyl groups is 1. The molecule has 5 nitrogen and oxygen atoms in total. The lowest BCUT2D eigenvalue weighted by atomic mass is 10.1. The number of hydrogen-bond donors (Lipinski definition) is 2. The number of phenolic OH excluding ortho intramolecular Hbond substituents is 1. The van der Waals surface area contributed by atoms with E-state index in [4.69, 9.17) is 0 Å². The first-order valence-corrected chi connectivity index (χ1v) is 7.26. The molecule has 21 heavy (non-hydrogen) atoms. The van der Waals surface area contributed by atoms with Crippen LogP contribution in [0.2, 0.25) is 0 Å². The van der Waals surface area contributed by atoms with E-state index in [2.05, 4.69) is 17.0 Å². The Bertz CT molecular complexity index is 485. The number of carbonyl (C=O) groups excluding carboxylic acids is 2. The number of phenols is 1. The molecule has 1 amide bonds. The van der Waals surface area contributed by atoms with Gasteiger partial charge >= 0.3 is 5.97 Å². The smallest absolute Gasteiger partial charge is 0.305 e. The maximum Gasteiger partial charge on any atom is 0.305 e. The second-order valence-corrected chi connectivity index (χ2v) is 4.88. The third-order valence-corrected chi connectivity index (χ3v) is 3.24. The molecule has 116 valence electrons. The average molecular weight is 293 g/mol. The summed E-state index contributed by atoms with van der Waals surface area (Å²) in [6.07, 6.45) is 3.86. The highest BCUT2D eigenvalue weighted by Gasteiger charge is 2.12. The summed E-state index contributed by atoms with van der Waals surface area (Å²) >= 11 is 0. The van der Waals surface area contributed by atoms with Gasteiger partial charge in [-0.2, -0.15) is 0 Å². The van der Waals surface area contributed by atoms with Crippen LogP contribution in [0.4, 0.5) is 5.69 Å². The van der Waals surface area contributed by atoms with Gasteiger partial charge in [-0.1, -0.05) is 25.8 Å². The van der Waals surface area contributed by atoms with Gasteiger partial charge in [0.1, 0.15) is 5.75 Å². The first kappa shape index (κ1) is 17.0. The fourth-order valence-electron chi connectivity index (χ4n) is 2.03. The molecule has 0 bridgehead atoms. The third-order valence-electron chi connectivity index (χ3n) is 3.24. The highest BCUT2D eigenvalue weighted by Crippen LogP contribution is 2.27. The van der Waals surface area contributed by atoms with Crippen molar-refractivity contribution in [2.75, 3.05) is 12.4 Å². The van der Waals surface area contributed by atoms with Crippen molar-refractivity contribution in [2.24, 2.45) is 0 Å². The van der Waals surface area contributed by atoms with Gasteiger partial charge in [0, 0.05) is 24.1 Å². The predicted octanol–water partition coefficient (Wildman–Crippen LogP) is 3.02. The van der Waals surface area contributed by atoms with Crippen LogP contribution < -0.4 is 5.32 Å². The van der Waals surface area contributed by atoms with E-state index in [1.165, 1.54) is 7.11 Å². The van der Waals surface area contributed by atoms with Crippen LogP contribution in [0.3, 0.4) is 0 Å². The number of amides is 1. The molecule has 5 heteroatoms. The fraction of sp³-hybridized carbons (Fsp3) is 0.500. The Hall–Kier alpha value is -2.04. The topological polar surface area (TPSA) is 75.6 Å². The van der Waals surface area contributed by atoms with Gasteiger partial charge in [0.15, 0.2) is 0 Å². The molecule has 0 aliphatic rings. The maximum absolute atomic E-state index is 11.9. The van der Waals surface area contributed by atoms with Crippen molar-refractivity contribution < 1.29 is 19.4 Å². The second-order valence-electron chi connectivity index (χ2n) is 4.88. The van der Waals surface area contributed by atoms with Crippen molar-refractivity contribution in [1.82, 2.24) is 0 Å². The molecule has 0 fully saturated rings. The van der Waals surface area contributed by atoms with E-state index in [-0.39, 0.29) is 24.0 Å². The van der Waals surface area contributed by atoms with Crippen molar-refractivity contribution in [2.45, 2.75) is 45.4 Å². The summed E-state index contributed by atoms with van der Waals surface area (Å²) in [6, 6.07) is 4.93. The Balaban J connectivity index is 2.70. The number of carbonyl (C=O) groups is 2. The summed E-state index contributed by atoms with van der Waals surface area (Å²) in [5.74, 6) is -0.350. The number of nitrogens with one attached hydrogen (secondary N) is 1. The highest BCUT2D eigenvalue weighted by atomic mass is 16.5. The van der Waals surface area contributed by atoms with Gasteiger partial charge in [-0.05, 0) is 25.0 Å². The van der Waals surface area contributed by atoms with Crippen LogP contribution in [0.5, 0.6) is 5.75 Å². The van der Waals surface area contributed by atoms with Gasteiger partial charge in [0.2, 0.25) is 5.91 Å². The molecule has 0 spiro atoms. The van der Waals surface area contributed by atoms with Crippen molar-refractivity contribution in [3.05, 3.63) is 23.8 Å². The second kappa shape index (κ2) is 9.00. The number of esters is 1. The molecule has 2 N–H and O–H groups in total. The average Bonchev–Trinajstić information content (AvgIpc) is 2.46. The Labute approximate surface area is 125 Å². The monoisotopic (exact) mass is 293 g/mol. The molecule has 0 heterocycles. The molecular weight excluding hydrogens is 270 g/mol. The van der Waals surface area contributed by atoms with Gasteiger partial charge < -0.3 is 15.2 Å². The van der Waals surface area contributed by atoms with Crippen molar-refractivity contribution in [1.29, 1.82) is 0 Å². The lowest BCUT2D eigenvalue weighted by Gasteiger charge is -2.12. The van der Waals surface area contributed by atoms with Gasteiger partial charge in [-0.25, -0.2) is 0 Å². The molecule has 0 aromatic heterocycles. The summed E-state index contributed by atoms with van der Waals surface area (Å²) in [6.45, 7) is 2.08. The Kier molecular flexibility index (Phi) is 7.29. The largest absolute Gasteiger partial charge is 0.508 e. The molecule has 0 radical (unpaired) electrons. The minimum atomic E-state index is -0.349. The molecule has 1 rings (SSSR count). The molecule has 0 unspecified atom stereocenters. The van der Waals surface area contributed by atoms with E-state index >= 15 is 0 Å². The molecule has 0 aliphatic carbocycles. The lowest BCUT2D eigenvalue weighted by Crippen LogP contribution is -2.13. The summed E-state index contributed by atoms with van der Waals surface area (Å²) in [5, 5.41) is 12.7. The lowest BCUT2D eigenvalue weighted by molar-refractivity contribution is -0.140. The zero-order valence-electron chi connectivity index (χ0n) is 12.6. The molecular formula is C16H23NO4. The van der Waals surface area contributed by atoms with Gasteiger partial charge in [-0.3, -0.25) is 9.59 Å². The number of anilines is 1. The fourth-order valence-corrected chi connectivity index (χ4v) is 2.03. The summed E-state index contributed by atoms with van der Waals surface area (Å²) < 4.78 is 4.59. The van der Waals surface area contributed by atoms with Crippen molar-refractivity contribution in [3.8, 4) is 5.75 Å². The van der Waals surface area contributed by atoms with Crippen molar-refractivity contribution >= 4 is 17.6 Å². The van der Waals surface area contributed by atoms with E-state index in [1.807, 2.05) is 0 Å². The van der Waals surface area contributed by atoms with Crippen LogP contribution >= 0.6 is 0 Å². The van der Waals surface area contributed by atoms with E-state index in [9.17, 15) is 14.7 Å². The number of rotatable bonds is 8. The normalized spacial score (nSPS) is 10.2. The summed E-state index contributed by atoms with van der Waals surface area (Å²) in [4.78, 5) is 23.1. The number of benzene rings is 1. The summed E-state index contributed by atoms with van der Waals surface area (Å²) in [5.41, 5.74) is 1.12. The SMILES string of the molecule is CCCCCC(=O)Nc1cccc(O)c1CCC(=O)OC. The standard InChI is InChI=1S/C16H23NO4/c1-3-4-5-9-15(19)17-13-7-6-8-14(18)12(13)10-11-16(20)21-2/h6-8,18H,3-5,9-11H2,1-2H3,(H,17,19). The number of methoxy groups -OCH3 is 1. The van der Waals surface area contributed by atoms with Crippen LogP contribution in [0.1, 0.15) is 44.6 Å². The van der Waals surface area contributed by atoms with Gasteiger partial charge in [0.05, 0.1) is 7.11 Å². The summed E-state index contributed by atoms with van der Waals surface area (Å²) in [7, 11) is 1.32. The van der Waals surface area contributed by atoms with E-state index in [0.717, 1.165) is 19.3 Å². The van der Waals surface area contributed by atoms with Crippen LogP contribution in [-0.4, -0.2) is 24.1 Å². The zero-order chi connectivity index (χ0) is 15.7. The van der Waals surface area contributed by atoms with E-state index in [1.54, 1.807) is 18.2 Å². The number of ether oxygens (including phenoxy) is 1. The Morgan fingerprint density at radius 1 is 1.24 bits per heavy atom. The van der Waals surface area contributed by atoms with Crippen molar-refractivity contribution in [3.63, 3.8) is 0 Å². The maximum atomic E-state index is 11.9. The third kappa shape index (κ3) is 5.85. The van der Waals surface area contributed by atoms with Crippen LogP contribution in [0, 0.1) is 0 Å². The van der Waals surface area contributed by atoms with E-state index in [0.29, 0.717) is 24.1 Å². The van der Waals surface area contributed by atoms with Crippen LogP contribution in [-0.2, 0) is 20.7 Å². The van der Waals surface area contributed by atoms with E-state index < -0.39 is 0 Å². The molecule has 1 aromatic rings. The van der Waals surface area contributed by atoms with Crippen LogP contribution in [0.25, 0.3) is 0 Å².